The monoisotopic (exact) mass is 1080 g/mol. The fraction of sp³-hybridized carbons (Fsp3) is 0.0128. The quantitative estimate of drug-likeness (QED) is 0.124. The molecule has 392 valence electrons. The second-order valence-corrected chi connectivity index (χ2v) is 21.9. The molecule has 0 radical (unpaired) electrons. The van der Waals surface area contributed by atoms with E-state index in [1.165, 1.54) is 101 Å². The van der Waals surface area contributed by atoms with Gasteiger partial charge < -0.3 is 9.47 Å². The van der Waals surface area contributed by atoms with Gasteiger partial charge >= 0.3 is 0 Å². The Morgan fingerprint density at radius 2 is 0.663 bits per heavy atom. The summed E-state index contributed by atoms with van der Waals surface area (Å²) in [5, 5.41) is 2.42. The average Bonchev–Trinajstić information content (AvgIpc) is 4.41. The van der Waals surface area contributed by atoms with Gasteiger partial charge in [-0.05, 0) is 174 Å². The maximum absolute atomic E-state index is 5.12. The first kappa shape index (κ1) is 49.7. The molecular formula is C78H54N4S. The molecule has 2 aliphatic rings. The largest absolute Gasteiger partial charge is 0.309 e. The lowest BCUT2D eigenvalue weighted by Crippen LogP contribution is -2.37. The summed E-state index contributed by atoms with van der Waals surface area (Å²) in [6, 6.07) is 110. The summed E-state index contributed by atoms with van der Waals surface area (Å²) in [4.78, 5) is 2.34. The molecule has 2 heterocycles. The smallest absolute Gasteiger partial charge is 0.0965 e. The lowest BCUT2D eigenvalue weighted by molar-refractivity contribution is 1.01. The molecule has 13 aromatic rings. The lowest BCUT2D eigenvalue weighted by Gasteiger charge is -2.32. The van der Waals surface area contributed by atoms with Gasteiger partial charge in [-0.3, -0.25) is 0 Å². The van der Waals surface area contributed by atoms with Crippen molar-refractivity contribution in [1.82, 2.24) is 9.29 Å². The van der Waals surface area contributed by atoms with Crippen molar-refractivity contribution in [2.24, 2.45) is 4.40 Å². The molecule has 0 bridgehead atoms. The SMILES string of the molecule is C1=C(c2ccc(-n3c4ccc(-c5ccc(-c6ccccc6)cc5)cc4c4cc(-c5ccc(-c6ccccc6)cc5)ccc43)cc2)C2NSN=C2C(N(c2ccccc2)c2ccc(-c3cc(-c4ccccc4)cc(-c4ccccc4)c3)cc2)=C1. The molecule has 1 N–H and O–H groups in total. The molecule has 12 aromatic carbocycles. The van der Waals surface area contributed by atoms with Crippen LogP contribution in [0.25, 0.3) is 111 Å². The number of benzene rings is 12. The van der Waals surface area contributed by atoms with Crippen molar-refractivity contribution in [1.29, 1.82) is 0 Å². The van der Waals surface area contributed by atoms with Crippen molar-refractivity contribution in [2.75, 3.05) is 4.90 Å². The van der Waals surface area contributed by atoms with Crippen LogP contribution in [-0.2, 0) is 0 Å². The summed E-state index contributed by atoms with van der Waals surface area (Å²) in [7, 11) is 0. The molecule has 5 heteroatoms. The molecule has 1 aromatic heterocycles. The first-order valence-corrected chi connectivity index (χ1v) is 29.0. The third kappa shape index (κ3) is 9.58. The summed E-state index contributed by atoms with van der Waals surface area (Å²) >= 11 is 1.42. The maximum Gasteiger partial charge on any atom is 0.0965 e. The number of nitrogens with zero attached hydrogens (tertiary/aromatic N) is 3. The Kier molecular flexibility index (Phi) is 13.0. The lowest BCUT2D eigenvalue weighted by atomic mass is 9.89. The first-order chi connectivity index (χ1) is 41.1. The Morgan fingerprint density at radius 1 is 0.313 bits per heavy atom. The van der Waals surface area contributed by atoms with Crippen LogP contribution in [0.3, 0.4) is 0 Å². The van der Waals surface area contributed by atoms with Crippen LogP contribution in [0, 0.1) is 0 Å². The molecule has 1 unspecified atom stereocenters. The third-order valence-corrected chi connectivity index (χ3v) is 16.9. The van der Waals surface area contributed by atoms with Gasteiger partial charge in [0.1, 0.15) is 0 Å². The van der Waals surface area contributed by atoms with Gasteiger partial charge in [0.25, 0.3) is 0 Å². The van der Waals surface area contributed by atoms with E-state index in [-0.39, 0.29) is 6.04 Å². The molecule has 0 fully saturated rings. The summed E-state index contributed by atoms with van der Waals surface area (Å²) in [5.41, 5.74) is 26.6. The highest BCUT2D eigenvalue weighted by Gasteiger charge is 2.35. The number of aromatic nitrogens is 1. The van der Waals surface area contributed by atoms with E-state index in [1.807, 2.05) is 0 Å². The summed E-state index contributed by atoms with van der Waals surface area (Å²) in [6.45, 7) is 0. The zero-order valence-corrected chi connectivity index (χ0v) is 46.2. The van der Waals surface area contributed by atoms with Crippen molar-refractivity contribution in [3.8, 4) is 83.6 Å². The predicted molar refractivity (Wildman–Crippen MR) is 352 cm³/mol. The number of allylic oxidation sites excluding steroid dienone is 2. The molecule has 0 saturated carbocycles. The summed E-state index contributed by atoms with van der Waals surface area (Å²) in [6.07, 6.45) is 4.52. The fourth-order valence-corrected chi connectivity index (χ4v) is 12.8. The van der Waals surface area contributed by atoms with Crippen molar-refractivity contribution in [2.45, 2.75) is 6.04 Å². The van der Waals surface area contributed by atoms with Gasteiger partial charge in [-0.25, -0.2) is 9.12 Å². The Morgan fingerprint density at radius 3 is 1.12 bits per heavy atom. The molecule has 0 saturated heterocycles. The second-order valence-electron chi connectivity index (χ2n) is 21.3. The van der Waals surface area contributed by atoms with Crippen molar-refractivity contribution in [3.63, 3.8) is 0 Å². The number of fused-ring (bicyclic) bond motifs is 4. The van der Waals surface area contributed by atoms with Crippen LogP contribution in [0.2, 0.25) is 0 Å². The fourth-order valence-electron chi connectivity index (χ4n) is 12.1. The van der Waals surface area contributed by atoms with E-state index in [1.54, 1.807) is 0 Å². The molecule has 0 amide bonds. The normalized spacial score (nSPS) is 13.8. The highest BCUT2D eigenvalue weighted by atomic mass is 32.2. The number of hydrogen-bond acceptors (Lipinski definition) is 4. The summed E-state index contributed by atoms with van der Waals surface area (Å²) in [5.74, 6) is 0. The van der Waals surface area contributed by atoms with Gasteiger partial charge in [-0.15, -0.1) is 0 Å². The first-order valence-electron chi connectivity index (χ1n) is 28.3. The maximum atomic E-state index is 5.12. The Labute approximate surface area is 488 Å². The standard InChI is InChI=1S/C78H54N4S/c1-6-16-53(17-7-1)57-26-30-59(31-27-57)63-38-45-74-72(51-63)73-52-64(60-32-28-58(29-33-60)54-18-8-2-9-19-54)39-46-75(73)82(74)70-42-36-62(37-43-70)71-44-47-76(78-77(71)79-83-80-78)81(68-24-14-5-15-25-68)69-40-34-61(35-41-69)67-49-65(55-20-10-3-11-21-55)48-66(50-67)56-22-12-4-13-23-56/h1-52,77,79H. The minimum atomic E-state index is -0.123. The second kappa shape index (κ2) is 21.6. The molecule has 4 nitrogen and oxygen atoms in total. The number of para-hydroxylation sites is 1. The van der Waals surface area contributed by atoms with Crippen molar-refractivity contribution < 1.29 is 0 Å². The van der Waals surface area contributed by atoms with Crippen LogP contribution < -0.4 is 9.62 Å². The van der Waals surface area contributed by atoms with Gasteiger partial charge in [-0.2, -0.15) is 0 Å². The van der Waals surface area contributed by atoms with E-state index in [4.69, 9.17) is 4.40 Å². The molecule has 1 atom stereocenters. The van der Waals surface area contributed by atoms with E-state index in [2.05, 4.69) is 330 Å². The molecule has 1 aliphatic carbocycles. The predicted octanol–water partition coefficient (Wildman–Crippen LogP) is 20.5. The molecule has 83 heavy (non-hydrogen) atoms. The molecule has 1 aliphatic heterocycles. The molecular weight excluding hydrogens is 1020 g/mol. The Balaban J connectivity index is 0.776. The Bertz CT molecular complexity index is 4390. The number of rotatable bonds is 12. The van der Waals surface area contributed by atoms with Crippen LogP contribution >= 0.6 is 12.1 Å². The van der Waals surface area contributed by atoms with E-state index >= 15 is 0 Å². The number of anilines is 2. The van der Waals surface area contributed by atoms with E-state index in [0.29, 0.717) is 0 Å². The van der Waals surface area contributed by atoms with Gasteiger partial charge in [0.15, 0.2) is 0 Å². The number of hydrogen-bond donors (Lipinski definition) is 1. The van der Waals surface area contributed by atoms with Crippen LogP contribution in [0.5, 0.6) is 0 Å². The minimum Gasteiger partial charge on any atom is -0.309 e. The topological polar surface area (TPSA) is 32.6 Å². The Hall–Kier alpha value is -10.3. The van der Waals surface area contributed by atoms with E-state index < -0.39 is 0 Å². The van der Waals surface area contributed by atoms with Crippen LogP contribution in [0.15, 0.2) is 326 Å². The third-order valence-electron chi connectivity index (χ3n) is 16.3. The highest BCUT2D eigenvalue weighted by molar-refractivity contribution is 7.96. The van der Waals surface area contributed by atoms with Crippen molar-refractivity contribution in [3.05, 3.63) is 327 Å². The van der Waals surface area contributed by atoms with Crippen LogP contribution in [0.1, 0.15) is 5.56 Å². The van der Waals surface area contributed by atoms with Crippen LogP contribution in [-0.4, -0.2) is 16.3 Å². The van der Waals surface area contributed by atoms with Crippen LogP contribution in [0.4, 0.5) is 11.4 Å². The van der Waals surface area contributed by atoms with Gasteiger partial charge in [0.2, 0.25) is 0 Å². The average molecular weight is 1080 g/mol. The molecule has 15 rings (SSSR count). The van der Waals surface area contributed by atoms with Gasteiger partial charge in [0.05, 0.1) is 40.6 Å². The van der Waals surface area contributed by atoms with Gasteiger partial charge in [0, 0.05) is 27.8 Å². The zero-order valence-electron chi connectivity index (χ0n) is 45.3. The summed E-state index contributed by atoms with van der Waals surface area (Å²) < 4.78 is 11.2. The number of nitrogens with one attached hydrogen (secondary N) is 1. The van der Waals surface area contributed by atoms with Gasteiger partial charge in [-0.1, -0.05) is 231 Å². The highest BCUT2D eigenvalue weighted by Crippen LogP contribution is 2.42. The van der Waals surface area contributed by atoms with E-state index in [0.717, 1.165) is 50.6 Å². The molecule has 0 spiro atoms. The zero-order chi connectivity index (χ0) is 55.1. The van der Waals surface area contributed by atoms with Crippen molar-refractivity contribution >= 4 is 56.6 Å². The van der Waals surface area contributed by atoms with E-state index in [9.17, 15) is 0 Å². The minimum absolute atomic E-state index is 0.123.